The molecular weight excluding hydrogens is 363 g/mol. The maximum atomic E-state index is 12.4. The molecule has 2 aromatic rings. The summed E-state index contributed by atoms with van der Waals surface area (Å²) in [5.41, 5.74) is 1.92. The monoisotopic (exact) mass is 384 g/mol. The van der Waals surface area contributed by atoms with Crippen LogP contribution in [0.25, 0.3) is 10.9 Å². The fourth-order valence-corrected chi connectivity index (χ4v) is 3.28. The average molecular weight is 385 g/mol. The van der Waals surface area contributed by atoms with Gasteiger partial charge in [0.15, 0.2) is 5.78 Å². The molecule has 0 saturated heterocycles. The van der Waals surface area contributed by atoms with Gasteiger partial charge in [-0.2, -0.15) is 0 Å². The zero-order valence-electron chi connectivity index (χ0n) is 14.8. The second-order valence-corrected chi connectivity index (χ2v) is 6.64. The first kappa shape index (κ1) is 19.6. The Bertz CT molecular complexity index is 814. The molecule has 5 nitrogen and oxygen atoms in total. The maximum Gasteiger partial charge on any atom is 0.216 e. The third-order valence-corrected chi connectivity index (χ3v) is 4.88. The highest BCUT2D eigenvalue weighted by molar-refractivity contribution is 6.46. The molecule has 1 aromatic carbocycles. The predicted octanol–water partition coefficient (Wildman–Crippen LogP) is 4.71. The molecule has 1 amide bonds. The molecule has 0 aliphatic rings. The maximum absolute atomic E-state index is 12.4. The van der Waals surface area contributed by atoms with E-state index in [-0.39, 0.29) is 17.6 Å². The van der Waals surface area contributed by atoms with E-state index < -0.39 is 0 Å². The number of amides is 1. The van der Waals surface area contributed by atoms with Crippen LogP contribution in [0, 0.1) is 0 Å². The van der Waals surface area contributed by atoms with Crippen molar-refractivity contribution in [2.45, 2.75) is 40.0 Å². The van der Waals surface area contributed by atoms with Crippen molar-refractivity contribution in [2.24, 2.45) is 0 Å². The Morgan fingerprint density at radius 3 is 2.52 bits per heavy atom. The SMILES string of the molecule is CCOc1cc2c(C(C)CNC(C)=O)c(C(=O)CC)[nH]c2c(Cl)c1Cl. The number of rotatable bonds is 7. The van der Waals surface area contributed by atoms with Crippen molar-refractivity contribution in [3.8, 4) is 5.75 Å². The Kier molecular flexibility index (Phi) is 6.36. The number of halogens is 2. The molecule has 0 bridgehead atoms. The Morgan fingerprint density at radius 2 is 1.96 bits per heavy atom. The van der Waals surface area contributed by atoms with Crippen LogP contribution in [0.1, 0.15) is 56.1 Å². The molecule has 1 aromatic heterocycles. The summed E-state index contributed by atoms with van der Waals surface area (Å²) in [6.45, 7) is 7.94. The Morgan fingerprint density at radius 1 is 1.28 bits per heavy atom. The quantitative estimate of drug-likeness (QED) is 0.679. The van der Waals surface area contributed by atoms with Crippen molar-refractivity contribution in [3.05, 3.63) is 27.4 Å². The highest BCUT2D eigenvalue weighted by atomic mass is 35.5. The highest BCUT2D eigenvalue weighted by Crippen LogP contribution is 2.42. The standard InChI is InChI=1S/C18H22Cl2N2O3/c1-5-12(24)18-14(9(3)8-21-10(4)23)11-7-13(25-6-2)15(19)16(20)17(11)22-18/h7,9,22H,5-6,8H2,1-4H3,(H,21,23). The average Bonchev–Trinajstić information content (AvgIpc) is 2.96. The third kappa shape index (κ3) is 3.93. The van der Waals surface area contributed by atoms with E-state index in [2.05, 4.69) is 10.3 Å². The Hall–Kier alpha value is -1.72. The molecule has 2 rings (SSSR count). The lowest BCUT2D eigenvalue weighted by molar-refractivity contribution is -0.119. The summed E-state index contributed by atoms with van der Waals surface area (Å²) < 4.78 is 5.57. The molecule has 0 radical (unpaired) electrons. The smallest absolute Gasteiger partial charge is 0.216 e. The first-order valence-corrected chi connectivity index (χ1v) is 9.01. The molecule has 0 saturated carbocycles. The van der Waals surface area contributed by atoms with E-state index in [9.17, 15) is 9.59 Å². The number of benzene rings is 1. The molecule has 0 spiro atoms. The second-order valence-electron chi connectivity index (χ2n) is 5.89. The minimum Gasteiger partial charge on any atom is -0.492 e. The highest BCUT2D eigenvalue weighted by Gasteiger charge is 2.25. The summed E-state index contributed by atoms with van der Waals surface area (Å²) in [6.07, 6.45) is 0.357. The van der Waals surface area contributed by atoms with Gasteiger partial charge < -0.3 is 15.0 Å². The lowest BCUT2D eigenvalue weighted by Crippen LogP contribution is -2.25. The molecule has 25 heavy (non-hydrogen) atoms. The van der Waals surface area contributed by atoms with Crippen LogP contribution in [0.3, 0.4) is 0 Å². The van der Waals surface area contributed by atoms with Gasteiger partial charge in [0.2, 0.25) is 5.91 Å². The van der Waals surface area contributed by atoms with E-state index >= 15 is 0 Å². The summed E-state index contributed by atoms with van der Waals surface area (Å²) in [6, 6.07) is 1.80. The number of Topliss-reactive ketones (excluding diaryl/α,β-unsaturated/α-hetero) is 1. The summed E-state index contributed by atoms with van der Waals surface area (Å²) >= 11 is 12.7. The lowest BCUT2D eigenvalue weighted by Gasteiger charge is -2.14. The molecule has 0 aliphatic heterocycles. The van der Waals surface area contributed by atoms with Gasteiger partial charge in [0.1, 0.15) is 10.8 Å². The molecule has 7 heteroatoms. The van der Waals surface area contributed by atoms with Gasteiger partial charge in [0, 0.05) is 31.2 Å². The van der Waals surface area contributed by atoms with Gasteiger partial charge in [-0.25, -0.2) is 0 Å². The predicted molar refractivity (Wildman–Crippen MR) is 101 cm³/mol. The van der Waals surface area contributed by atoms with Crippen LogP contribution in [0.5, 0.6) is 5.75 Å². The van der Waals surface area contributed by atoms with Gasteiger partial charge in [0.25, 0.3) is 0 Å². The fourth-order valence-electron chi connectivity index (χ4n) is 2.83. The van der Waals surface area contributed by atoms with Crippen molar-refractivity contribution >= 4 is 45.8 Å². The zero-order chi connectivity index (χ0) is 18.7. The van der Waals surface area contributed by atoms with Crippen LogP contribution in [-0.2, 0) is 4.79 Å². The topological polar surface area (TPSA) is 71.2 Å². The van der Waals surface area contributed by atoms with Crippen LogP contribution in [0.2, 0.25) is 10.0 Å². The Labute approximate surface area is 157 Å². The largest absolute Gasteiger partial charge is 0.492 e. The number of fused-ring (bicyclic) bond motifs is 1. The number of aromatic amines is 1. The summed E-state index contributed by atoms with van der Waals surface area (Å²) in [5, 5.41) is 4.22. The summed E-state index contributed by atoms with van der Waals surface area (Å²) in [4.78, 5) is 26.8. The summed E-state index contributed by atoms with van der Waals surface area (Å²) in [5.74, 6) is 0.246. The van der Waals surface area contributed by atoms with E-state index in [0.29, 0.717) is 46.6 Å². The van der Waals surface area contributed by atoms with Crippen LogP contribution in [0.15, 0.2) is 6.07 Å². The van der Waals surface area contributed by atoms with Crippen LogP contribution in [-0.4, -0.2) is 29.8 Å². The minimum atomic E-state index is -0.119. The number of carbonyl (C=O) groups excluding carboxylic acids is 2. The molecule has 1 atom stereocenters. The van der Waals surface area contributed by atoms with Gasteiger partial charge in [-0.3, -0.25) is 9.59 Å². The molecule has 136 valence electrons. The van der Waals surface area contributed by atoms with Crippen molar-refractivity contribution < 1.29 is 14.3 Å². The number of hydrogen-bond donors (Lipinski definition) is 2. The fraction of sp³-hybridized carbons (Fsp3) is 0.444. The molecule has 0 fully saturated rings. The number of hydrogen-bond acceptors (Lipinski definition) is 3. The van der Waals surface area contributed by atoms with Crippen molar-refractivity contribution in [1.29, 1.82) is 0 Å². The number of ether oxygens (including phenoxy) is 1. The molecule has 2 N–H and O–H groups in total. The van der Waals surface area contributed by atoms with Gasteiger partial charge in [-0.15, -0.1) is 0 Å². The van der Waals surface area contributed by atoms with E-state index in [0.717, 1.165) is 10.9 Å². The van der Waals surface area contributed by atoms with Crippen molar-refractivity contribution in [3.63, 3.8) is 0 Å². The Balaban J connectivity index is 2.69. The van der Waals surface area contributed by atoms with E-state index in [1.54, 1.807) is 13.0 Å². The van der Waals surface area contributed by atoms with Gasteiger partial charge >= 0.3 is 0 Å². The first-order valence-electron chi connectivity index (χ1n) is 8.25. The molecular formula is C18H22Cl2N2O3. The van der Waals surface area contributed by atoms with Crippen molar-refractivity contribution in [1.82, 2.24) is 10.3 Å². The minimum absolute atomic E-state index is 0.0222. The van der Waals surface area contributed by atoms with Crippen LogP contribution in [0.4, 0.5) is 0 Å². The van der Waals surface area contributed by atoms with Crippen LogP contribution >= 0.6 is 23.2 Å². The normalized spacial score (nSPS) is 12.2. The lowest BCUT2D eigenvalue weighted by atomic mass is 9.95. The second kappa shape index (κ2) is 8.11. The summed E-state index contributed by atoms with van der Waals surface area (Å²) in [7, 11) is 0. The number of nitrogens with one attached hydrogen (secondary N) is 2. The van der Waals surface area contributed by atoms with Gasteiger partial charge in [-0.1, -0.05) is 37.0 Å². The van der Waals surface area contributed by atoms with Gasteiger partial charge in [0.05, 0.1) is 22.8 Å². The number of H-pyrrole nitrogens is 1. The van der Waals surface area contributed by atoms with E-state index in [1.807, 2.05) is 13.8 Å². The zero-order valence-corrected chi connectivity index (χ0v) is 16.3. The number of carbonyl (C=O) groups is 2. The first-order chi connectivity index (χ1) is 11.8. The third-order valence-electron chi connectivity index (χ3n) is 4.03. The molecule has 0 aliphatic carbocycles. The van der Waals surface area contributed by atoms with E-state index in [4.69, 9.17) is 27.9 Å². The van der Waals surface area contributed by atoms with Crippen LogP contribution < -0.4 is 10.1 Å². The van der Waals surface area contributed by atoms with Gasteiger partial charge in [-0.05, 0) is 18.6 Å². The molecule has 1 unspecified atom stereocenters. The number of aromatic nitrogens is 1. The number of ketones is 1. The van der Waals surface area contributed by atoms with E-state index in [1.165, 1.54) is 6.92 Å². The van der Waals surface area contributed by atoms with Crippen molar-refractivity contribution in [2.75, 3.05) is 13.2 Å². The molecule has 1 heterocycles.